The van der Waals surface area contributed by atoms with E-state index in [0.717, 1.165) is 11.1 Å². The zero-order valence-electron chi connectivity index (χ0n) is 17.7. The van der Waals surface area contributed by atoms with Gasteiger partial charge in [-0.15, -0.1) is 0 Å². The third kappa shape index (κ3) is 3.94. The molecule has 8 nitrogen and oxygen atoms in total. The topological polar surface area (TPSA) is 101 Å². The van der Waals surface area contributed by atoms with Gasteiger partial charge in [0.15, 0.2) is 5.54 Å². The SMILES string of the molecule is O=C1NC(=O)C(CN2Cc3cc(OCc4ccnc(Cl)c4)ccc3C2=O)(c2ccc(F)cc2)N1. The van der Waals surface area contributed by atoms with E-state index >= 15 is 0 Å². The number of aromatic nitrogens is 1. The fourth-order valence-electron chi connectivity index (χ4n) is 4.19. The molecular formula is C24H18ClFN4O4. The van der Waals surface area contributed by atoms with Crippen LogP contribution >= 0.6 is 11.6 Å². The molecule has 1 aromatic heterocycles. The number of carbonyl (C=O) groups is 3. The van der Waals surface area contributed by atoms with Crippen molar-refractivity contribution in [1.82, 2.24) is 20.5 Å². The van der Waals surface area contributed by atoms with Crippen LogP contribution in [0, 0.1) is 5.82 Å². The maximum Gasteiger partial charge on any atom is 0.322 e. The summed E-state index contributed by atoms with van der Waals surface area (Å²) in [4.78, 5) is 43.3. The van der Waals surface area contributed by atoms with Crippen LogP contribution in [0.25, 0.3) is 0 Å². The molecule has 0 bridgehead atoms. The Hall–Kier alpha value is -3.98. The average Bonchev–Trinajstić information content (AvgIpc) is 3.27. The van der Waals surface area contributed by atoms with Crippen molar-refractivity contribution in [2.75, 3.05) is 6.54 Å². The van der Waals surface area contributed by atoms with Crippen LogP contribution in [-0.4, -0.2) is 34.3 Å². The molecule has 1 fully saturated rings. The van der Waals surface area contributed by atoms with Crippen LogP contribution in [0.15, 0.2) is 60.8 Å². The third-order valence-corrected chi connectivity index (χ3v) is 6.07. The molecule has 0 saturated carbocycles. The van der Waals surface area contributed by atoms with E-state index in [9.17, 15) is 18.8 Å². The molecule has 2 aliphatic heterocycles. The second-order valence-corrected chi connectivity index (χ2v) is 8.46. The predicted octanol–water partition coefficient (Wildman–Crippen LogP) is 3.14. The summed E-state index contributed by atoms with van der Waals surface area (Å²) in [5.74, 6) is -0.790. The number of amides is 4. The van der Waals surface area contributed by atoms with Gasteiger partial charge in [0, 0.05) is 18.3 Å². The van der Waals surface area contributed by atoms with Crippen LogP contribution in [0.5, 0.6) is 5.75 Å². The molecule has 172 valence electrons. The number of halogens is 2. The van der Waals surface area contributed by atoms with Gasteiger partial charge in [-0.3, -0.25) is 14.9 Å². The summed E-state index contributed by atoms with van der Waals surface area (Å²) in [6, 6.07) is 13.2. The molecule has 2 aromatic carbocycles. The lowest BCUT2D eigenvalue weighted by molar-refractivity contribution is -0.124. The van der Waals surface area contributed by atoms with Gasteiger partial charge in [0.2, 0.25) is 0 Å². The molecule has 1 saturated heterocycles. The first-order valence-electron chi connectivity index (χ1n) is 10.4. The number of nitrogens with zero attached hydrogens (tertiary/aromatic N) is 2. The number of hydrogen-bond donors (Lipinski definition) is 2. The van der Waals surface area contributed by atoms with Crippen LogP contribution in [0.4, 0.5) is 9.18 Å². The zero-order valence-corrected chi connectivity index (χ0v) is 18.4. The Labute approximate surface area is 198 Å². The number of benzene rings is 2. The normalized spacial score (nSPS) is 19.1. The summed E-state index contributed by atoms with van der Waals surface area (Å²) >= 11 is 5.90. The summed E-state index contributed by atoms with van der Waals surface area (Å²) in [5, 5.41) is 5.22. The smallest absolute Gasteiger partial charge is 0.322 e. The number of hydrogen-bond acceptors (Lipinski definition) is 5. The van der Waals surface area contributed by atoms with Gasteiger partial charge in [-0.1, -0.05) is 23.7 Å². The van der Waals surface area contributed by atoms with E-state index in [1.165, 1.54) is 29.2 Å². The van der Waals surface area contributed by atoms with E-state index in [4.69, 9.17) is 16.3 Å². The van der Waals surface area contributed by atoms with E-state index in [-0.39, 0.29) is 25.6 Å². The third-order valence-electron chi connectivity index (χ3n) is 5.86. The van der Waals surface area contributed by atoms with Crippen LogP contribution < -0.4 is 15.4 Å². The highest BCUT2D eigenvalue weighted by Crippen LogP contribution is 2.32. The zero-order chi connectivity index (χ0) is 23.9. The van der Waals surface area contributed by atoms with E-state index in [1.807, 2.05) is 0 Å². The minimum absolute atomic E-state index is 0.116. The summed E-state index contributed by atoms with van der Waals surface area (Å²) < 4.78 is 19.3. The maximum absolute atomic E-state index is 13.5. The first-order valence-corrected chi connectivity index (χ1v) is 10.8. The molecule has 34 heavy (non-hydrogen) atoms. The van der Waals surface area contributed by atoms with Crippen molar-refractivity contribution >= 4 is 29.4 Å². The Morgan fingerprint density at radius 2 is 1.88 bits per heavy atom. The molecule has 2 aliphatic rings. The first-order chi connectivity index (χ1) is 16.3. The largest absolute Gasteiger partial charge is 0.489 e. The van der Waals surface area contributed by atoms with Crippen molar-refractivity contribution in [3.63, 3.8) is 0 Å². The fraction of sp³-hybridized carbons (Fsp3) is 0.167. The van der Waals surface area contributed by atoms with Crippen molar-refractivity contribution in [1.29, 1.82) is 0 Å². The monoisotopic (exact) mass is 480 g/mol. The Kier molecular flexibility index (Phi) is 5.41. The molecule has 2 N–H and O–H groups in total. The van der Waals surface area contributed by atoms with Crippen molar-refractivity contribution in [2.24, 2.45) is 0 Å². The minimum atomic E-state index is -1.53. The fourth-order valence-corrected chi connectivity index (χ4v) is 4.39. The molecule has 3 aromatic rings. The molecule has 10 heteroatoms. The number of nitrogens with one attached hydrogen (secondary N) is 2. The van der Waals surface area contributed by atoms with Crippen LogP contribution in [-0.2, 0) is 23.5 Å². The number of imide groups is 1. The second-order valence-electron chi connectivity index (χ2n) is 8.08. The van der Waals surface area contributed by atoms with Gasteiger partial charge in [0.05, 0.1) is 6.54 Å². The van der Waals surface area contributed by atoms with Crippen molar-refractivity contribution in [3.8, 4) is 5.75 Å². The Morgan fingerprint density at radius 3 is 2.59 bits per heavy atom. The Balaban J connectivity index is 1.36. The van der Waals surface area contributed by atoms with Crippen molar-refractivity contribution in [3.05, 3.63) is 94.0 Å². The molecule has 1 unspecified atom stereocenters. The lowest BCUT2D eigenvalue weighted by atomic mass is 9.89. The van der Waals surface area contributed by atoms with E-state index in [0.29, 0.717) is 22.0 Å². The van der Waals surface area contributed by atoms with Crippen LogP contribution in [0.3, 0.4) is 0 Å². The summed E-state index contributed by atoms with van der Waals surface area (Å²) in [6.45, 7) is 0.381. The average molecular weight is 481 g/mol. The minimum Gasteiger partial charge on any atom is -0.489 e. The highest BCUT2D eigenvalue weighted by atomic mass is 35.5. The van der Waals surface area contributed by atoms with Gasteiger partial charge in [-0.25, -0.2) is 14.2 Å². The number of pyridine rings is 1. The van der Waals surface area contributed by atoms with Crippen LogP contribution in [0.2, 0.25) is 5.15 Å². The molecule has 3 heterocycles. The first kappa shape index (κ1) is 21.8. The number of fused-ring (bicyclic) bond motifs is 1. The van der Waals surface area contributed by atoms with Gasteiger partial charge < -0.3 is 15.0 Å². The lowest BCUT2D eigenvalue weighted by Gasteiger charge is -2.31. The molecule has 0 spiro atoms. The molecule has 1 atom stereocenters. The van der Waals surface area contributed by atoms with E-state index in [1.54, 1.807) is 36.5 Å². The Bertz CT molecular complexity index is 1320. The number of carbonyl (C=O) groups excluding carboxylic acids is 3. The van der Waals surface area contributed by atoms with Crippen molar-refractivity contribution in [2.45, 2.75) is 18.7 Å². The maximum atomic E-state index is 13.5. The van der Waals surface area contributed by atoms with E-state index < -0.39 is 23.3 Å². The predicted molar refractivity (Wildman–Crippen MR) is 120 cm³/mol. The second kappa shape index (κ2) is 8.42. The highest BCUT2D eigenvalue weighted by molar-refractivity contribution is 6.29. The summed E-state index contributed by atoms with van der Waals surface area (Å²) in [6.07, 6.45) is 1.59. The highest BCUT2D eigenvalue weighted by Gasteiger charge is 2.50. The standard InChI is InChI=1S/C24H18ClFN4O4/c25-20-9-14(7-8-27-20)12-34-18-5-6-19-15(10-18)11-30(21(19)31)13-24(22(32)28-23(33)29-24)16-1-3-17(26)4-2-16/h1-10H,11-13H2,(H2,28,29,32,33). The molecule has 0 radical (unpaired) electrons. The quantitative estimate of drug-likeness (QED) is 0.417. The van der Waals surface area contributed by atoms with Gasteiger partial charge >= 0.3 is 6.03 Å². The van der Waals surface area contributed by atoms with Gasteiger partial charge in [0.1, 0.15) is 23.3 Å². The van der Waals surface area contributed by atoms with Gasteiger partial charge in [-0.2, -0.15) is 0 Å². The molecule has 4 amide bonds. The Morgan fingerprint density at radius 1 is 1.09 bits per heavy atom. The van der Waals surface area contributed by atoms with Gasteiger partial charge in [0.25, 0.3) is 11.8 Å². The molecule has 5 rings (SSSR count). The van der Waals surface area contributed by atoms with Gasteiger partial charge in [-0.05, 0) is 59.2 Å². The summed E-state index contributed by atoms with van der Waals surface area (Å²) in [5.41, 5.74) is 0.915. The van der Waals surface area contributed by atoms with Crippen LogP contribution in [0.1, 0.15) is 27.0 Å². The molecular weight excluding hydrogens is 463 g/mol. The molecule has 0 aliphatic carbocycles. The summed E-state index contributed by atoms with van der Waals surface area (Å²) in [7, 11) is 0. The van der Waals surface area contributed by atoms with Crippen molar-refractivity contribution < 1.29 is 23.5 Å². The van der Waals surface area contributed by atoms with E-state index in [2.05, 4.69) is 15.6 Å². The lowest BCUT2D eigenvalue weighted by Crippen LogP contribution is -2.52. The number of rotatable bonds is 6. The number of urea groups is 1. The number of ether oxygens (including phenoxy) is 1.